The number of hydrogen-bond donors (Lipinski definition) is 2. The van der Waals surface area contributed by atoms with Crippen molar-refractivity contribution in [1.29, 1.82) is 0 Å². The minimum absolute atomic E-state index is 0.117. The average Bonchev–Trinajstić information content (AvgIpc) is 2.72. The van der Waals surface area contributed by atoms with Gasteiger partial charge in [-0.1, -0.05) is 30.3 Å². The lowest BCUT2D eigenvalue weighted by Gasteiger charge is -2.11. The van der Waals surface area contributed by atoms with E-state index in [1.807, 2.05) is 26.2 Å². The van der Waals surface area contributed by atoms with Gasteiger partial charge in [0, 0.05) is 18.3 Å². The van der Waals surface area contributed by atoms with Gasteiger partial charge in [-0.05, 0) is 50.0 Å². The molecule has 8 nitrogen and oxygen atoms in total. The number of benzene rings is 2. The number of nitrogens with one attached hydrogen (secondary N) is 2. The number of aromatic nitrogens is 2. The van der Waals surface area contributed by atoms with E-state index in [0.29, 0.717) is 11.4 Å². The molecule has 0 saturated carbocycles. The Hall–Kier alpha value is -3.78. The lowest BCUT2D eigenvalue weighted by atomic mass is 10.2. The van der Waals surface area contributed by atoms with Crippen LogP contribution >= 0.6 is 0 Å². The molecule has 0 atom stereocenters. The van der Waals surface area contributed by atoms with Crippen LogP contribution < -0.4 is 16.2 Å². The van der Waals surface area contributed by atoms with Gasteiger partial charge in [-0.3, -0.25) is 14.4 Å². The van der Waals surface area contributed by atoms with Crippen molar-refractivity contribution in [3.05, 3.63) is 88.3 Å². The molecule has 1 heterocycles. The smallest absolute Gasteiger partial charge is 0.272 e. The largest absolute Gasteiger partial charge is 0.347 e. The zero-order valence-electron chi connectivity index (χ0n) is 16.8. The first-order chi connectivity index (χ1) is 14.4. The summed E-state index contributed by atoms with van der Waals surface area (Å²) in [6.45, 7) is 0.534. The third-order valence-corrected chi connectivity index (χ3v) is 4.16. The number of carbonyl (C=O) groups excluding carboxylic acids is 2. The standard InChI is InChI=1S/C22H23N5O3/c1-26(2)15-20(28)24-17-8-6-7-16(13-17)14-23-22(30)19-11-12-21(29)27(25-19)18-9-4-3-5-10-18/h3-13H,14-15H2,1-2H3,(H,23,30)(H,24,28). The normalized spacial score (nSPS) is 10.6. The van der Waals surface area contributed by atoms with Crippen molar-refractivity contribution >= 4 is 17.5 Å². The van der Waals surface area contributed by atoms with Gasteiger partial charge in [0.15, 0.2) is 0 Å². The van der Waals surface area contributed by atoms with E-state index in [2.05, 4.69) is 15.7 Å². The maximum atomic E-state index is 12.5. The highest BCUT2D eigenvalue weighted by Gasteiger charge is 2.11. The van der Waals surface area contributed by atoms with E-state index in [1.54, 1.807) is 47.4 Å². The topological polar surface area (TPSA) is 96.3 Å². The molecule has 0 radical (unpaired) electrons. The lowest BCUT2D eigenvalue weighted by molar-refractivity contribution is -0.116. The summed E-state index contributed by atoms with van der Waals surface area (Å²) >= 11 is 0. The molecule has 0 unspecified atom stereocenters. The fourth-order valence-corrected chi connectivity index (χ4v) is 2.81. The van der Waals surface area contributed by atoms with Crippen molar-refractivity contribution < 1.29 is 9.59 Å². The van der Waals surface area contributed by atoms with Crippen LogP contribution in [0.15, 0.2) is 71.5 Å². The monoisotopic (exact) mass is 405 g/mol. The van der Waals surface area contributed by atoms with Gasteiger partial charge < -0.3 is 15.5 Å². The van der Waals surface area contributed by atoms with E-state index < -0.39 is 5.91 Å². The van der Waals surface area contributed by atoms with Crippen LogP contribution in [0.3, 0.4) is 0 Å². The maximum Gasteiger partial charge on any atom is 0.272 e. The molecule has 0 aliphatic carbocycles. The second kappa shape index (κ2) is 9.62. The number of rotatable bonds is 7. The molecule has 2 N–H and O–H groups in total. The number of amides is 2. The van der Waals surface area contributed by atoms with E-state index in [4.69, 9.17) is 0 Å². The third-order valence-electron chi connectivity index (χ3n) is 4.16. The summed E-state index contributed by atoms with van der Waals surface area (Å²) in [7, 11) is 3.64. The van der Waals surface area contributed by atoms with Crippen molar-refractivity contribution in [2.24, 2.45) is 0 Å². The first-order valence-electron chi connectivity index (χ1n) is 9.40. The molecule has 3 aromatic rings. The van der Waals surface area contributed by atoms with Crippen molar-refractivity contribution in [3.63, 3.8) is 0 Å². The highest BCUT2D eigenvalue weighted by atomic mass is 16.2. The molecule has 3 rings (SSSR count). The maximum absolute atomic E-state index is 12.5. The van der Waals surface area contributed by atoms with Crippen LogP contribution in [0.2, 0.25) is 0 Å². The molecule has 0 aliphatic rings. The fourth-order valence-electron chi connectivity index (χ4n) is 2.81. The van der Waals surface area contributed by atoms with Crippen molar-refractivity contribution in [1.82, 2.24) is 20.0 Å². The summed E-state index contributed by atoms with van der Waals surface area (Å²) < 4.78 is 1.19. The van der Waals surface area contributed by atoms with Gasteiger partial charge in [-0.15, -0.1) is 0 Å². The van der Waals surface area contributed by atoms with Gasteiger partial charge in [-0.2, -0.15) is 9.78 Å². The molecular formula is C22H23N5O3. The van der Waals surface area contributed by atoms with Gasteiger partial charge in [0.05, 0.1) is 12.2 Å². The number of hydrogen-bond acceptors (Lipinski definition) is 5. The number of para-hydroxylation sites is 1. The SMILES string of the molecule is CN(C)CC(=O)Nc1cccc(CNC(=O)c2ccc(=O)n(-c3ccccc3)n2)c1. The molecule has 8 heteroatoms. The van der Waals surface area contributed by atoms with E-state index in [0.717, 1.165) is 5.56 Å². The van der Waals surface area contributed by atoms with Crippen LogP contribution in [0.4, 0.5) is 5.69 Å². The zero-order valence-corrected chi connectivity index (χ0v) is 16.8. The molecular weight excluding hydrogens is 382 g/mol. The summed E-state index contributed by atoms with van der Waals surface area (Å²) in [6.07, 6.45) is 0. The van der Waals surface area contributed by atoms with Gasteiger partial charge in [0.25, 0.3) is 11.5 Å². The molecule has 0 bridgehead atoms. The fraction of sp³-hybridized carbons (Fsp3) is 0.182. The van der Waals surface area contributed by atoms with Crippen molar-refractivity contribution in [3.8, 4) is 5.69 Å². The predicted octanol–water partition coefficient (Wildman–Crippen LogP) is 1.66. The zero-order chi connectivity index (χ0) is 21.5. The molecule has 30 heavy (non-hydrogen) atoms. The van der Waals surface area contributed by atoms with Crippen molar-refractivity contribution in [2.45, 2.75) is 6.54 Å². The predicted molar refractivity (Wildman–Crippen MR) is 115 cm³/mol. The van der Waals surface area contributed by atoms with E-state index in [1.165, 1.54) is 16.8 Å². The second-order valence-corrected chi connectivity index (χ2v) is 6.97. The molecule has 0 spiro atoms. The van der Waals surface area contributed by atoms with Crippen LogP contribution in [0.1, 0.15) is 16.1 Å². The Labute approximate surface area is 174 Å². The summed E-state index contributed by atoms with van der Waals surface area (Å²) in [6, 6.07) is 18.9. The van der Waals surface area contributed by atoms with Crippen LogP contribution in [-0.2, 0) is 11.3 Å². The first kappa shape index (κ1) is 20.9. The van der Waals surface area contributed by atoms with E-state index in [-0.39, 0.29) is 30.2 Å². The Morgan fingerprint density at radius 2 is 1.77 bits per heavy atom. The summed E-state index contributed by atoms with van der Waals surface area (Å²) in [4.78, 5) is 38.3. The Kier molecular flexibility index (Phi) is 6.71. The first-order valence-corrected chi connectivity index (χ1v) is 9.40. The molecule has 1 aromatic heterocycles. The minimum Gasteiger partial charge on any atom is -0.347 e. The Morgan fingerprint density at radius 1 is 1.00 bits per heavy atom. The van der Waals surface area contributed by atoms with E-state index >= 15 is 0 Å². The van der Waals surface area contributed by atoms with Gasteiger partial charge >= 0.3 is 0 Å². The Bertz CT molecular complexity index is 1090. The third kappa shape index (κ3) is 5.62. The van der Waals surface area contributed by atoms with Crippen LogP contribution in [-0.4, -0.2) is 47.1 Å². The van der Waals surface area contributed by atoms with Crippen LogP contribution in [0, 0.1) is 0 Å². The number of carbonyl (C=O) groups is 2. The number of anilines is 1. The number of likely N-dealkylation sites (N-methyl/N-ethyl adjacent to an activating group) is 1. The summed E-state index contributed by atoms with van der Waals surface area (Å²) in [5, 5.41) is 9.78. The van der Waals surface area contributed by atoms with Crippen molar-refractivity contribution in [2.75, 3.05) is 26.0 Å². The molecule has 0 saturated heterocycles. The Morgan fingerprint density at radius 3 is 2.50 bits per heavy atom. The van der Waals surface area contributed by atoms with E-state index in [9.17, 15) is 14.4 Å². The van der Waals surface area contributed by atoms with Gasteiger partial charge in [-0.25, -0.2) is 0 Å². The highest BCUT2D eigenvalue weighted by molar-refractivity contribution is 5.93. The number of nitrogens with zero attached hydrogens (tertiary/aromatic N) is 3. The minimum atomic E-state index is -0.401. The quantitative estimate of drug-likeness (QED) is 0.623. The summed E-state index contributed by atoms with van der Waals surface area (Å²) in [5.41, 5.74) is 1.87. The Balaban J connectivity index is 1.67. The lowest BCUT2D eigenvalue weighted by Crippen LogP contribution is -2.29. The highest BCUT2D eigenvalue weighted by Crippen LogP contribution is 2.11. The molecule has 0 aliphatic heterocycles. The summed E-state index contributed by atoms with van der Waals surface area (Å²) in [5.74, 6) is -0.518. The van der Waals surface area contributed by atoms with Crippen LogP contribution in [0.5, 0.6) is 0 Å². The molecule has 154 valence electrons. The molecule has 0 fully saturated rings. The second-order valence-electron chi connectivity index (χ2n) is 6.97. The molecule has 2 aromatic carbocycles. The van der Waals surface area contributed by atoms with Gasteiger partial charge in [0.1, 0.15) is 5.69 Å². The average molecular weight is 405 g/mol. The van der Waals surface area contributed by atoms with Crippen LogP contribution in [0.25, 0.3) is 5.69 Å². The van der Waals surface area contributed by atoms with Gasteiger partial charge in [0.2, 0.25) is 5.91 Å². The molecule has 2 amide bonds.